The Kier molecular flexibility index (Phi) is 53.2. The fourth-order valence-corrected chi connectivity index (χ4v) is 8.85. The van der Waals surface area contributed by atoms with E-state index in [2.05, 4.69) is 32.9 Å². The zero-order valence-electron chi connectivity index (χ0n) is 44.0. The molecule has 0 bridgehead atoms. The van der Waals surface area contributed by atoms with Crippen molar-refractivity contribution in [1.29, 1.82) is 0 Å². The minimum absolute atomic E-state index is 0.0651. The van der Waals surface area contributed by atoms with Crippen LogP contribution >= 0.6 is 0 Å². The zero-order chi connectivity index (χ0) is 47.2. The number of ether oxygens (including phenoxy) is 3. The number of hydrogen-bond donors (Lipinski definition) is 0. The van der Waals surface area contributed by atoms with Gasteiger partial charge in [0.25, 0.3) is 0 Å². The van der Waals surface area contributed by atoms with Gasteiger partial charge in [0, 0.05) is 19.3 Å². The van der Waals surface area contributed by atoms with Gasteiger partial charge in [0.05, 0.1) is 0 Å². The quantitative estimate of drug-likeness (QED) is 0.0262. The second-order valence-electron chi connectivity index (χ2n) is 19.9. The predicted octanol–water partition coefficient (Wildman–Crippen LogP) is 19.3. The molecule has 0 rings (SSSR count). The molecule has 0 saturated heterocycles. The number of hydrogen-bond acceptors (Lipinski definition) is 6. The molecule has 384 valence electrons. The van der Waals surface area contributed by atoms with E-state index in [4.69, 9.17) is 14.2 Å². The molecule has 0 amide bonds. The van der Waals surface area contributed by atoms with Gasteiger partial charge >= 0.3 is 17.9 Å². The van der Waals surface area contributed by atoms with Crippen LogP contribution in [0.5, 0.6) is 0 Å². The van der Waals surface area contributed by atoms with Crippen LogP contribution in [0.15, 0.2) is 12.2 Å². The van der Waals surface area contributed by atoms with Crippen molar-refractivity contribution in [3.63, 3.8) is 0 Å². The van der Waals surface area contributed by atoms with Crippen molar-refractivity contribution < 1.29 is 28.6 Å². The van der Waals surface area contributed by atoms with Crippen molar-refractivity contribution in [2.24, 2.45) is 0 Å². The molecule has 0 aromatic carbocycles. The van der Waals surface area contributed by atoms with Gasteiger partial charge < -0.3 is 14.2 Å². The number of carbonyl (C=O) groups excluding carboxylic acids is 3. The van der Waals surface area contributed by atoms with Crippen LogP contribution in [-0.2, 0) is 28.6 Å². The van der Waals surface area contributed by atoms with E-state index in [1.807, 2.05) is 0 Å². The molecule has 6 nitrogen and oxygen atoms in total. The minimum Gasteiger partial charge on any atom is -0.462 e. The molecule has 0 fully saturated rings. The molecular weight excluding hydrogens is 805 g/mol. The molecule has 1 atom stereocenters. The molecule has 0 N–H and O–H groups in total. The van der Waals surface area contributed by atoms with Crippen LogP contribution in [0.25, 0.3) is 0 Å². The molecule has 0 spiro atoms. The molecule has 0 aliphatic heterocycles. The lowest BCUT2D eigenvalue weighted by Crippen LogP contribution is -2.30. The Morgan fingerprint density at radius 3 is 0.769 bits per heavy atom. The fourth-order valence-electron chi connectivity index (χ4n) is 8.85. The average Bonchev–Trinajstić information content (AvgIpc) is 3.30. The van der Waals surface area contributed by atoms with Crippen LogP contribution < -0.4 is 0 Å². The van der Waals surface area contributed by atoms with Crippen molar-refractivity contribution >= 4 is 17.9 Å². The van der Waals surface area contributed by atoms with Gasteiger partial charge in [-0.15, -0.1) is 0 Å². The summed E-state index contributed by atoms with van der Waals surface area (Å²) < 4.78 is 16.9. The van der Waals surface area contributed by atoms with Crippen molar-refractivity contribution in [3.8, 4) is 0 Å². The molecule has 0 radical (unpaired) electrons. The van der Waals surface area contributed by atoms with Gasteiger partial charge in [0.2, 0.25) is 0 Å². The maximum atomic E-state index is 12.8. The summed E-state index contributed by atoms with van der Waals surface area (Å²) in [6.45, 7) is 6.69. The SMILES string of the molecule is CCCCCCCC/C=C\CCCCCCCCCC(=O)OC[C@H](COC(=O)CCCCCCCCCCCCCCCCCCC)OC(=O)CCCCCCCCCCCCCCC. The van der Waals surface area contributed by atoms with Crippen LogP contribution in [0.4, 0.5) is 0 Å². The molecule has 6 heteroatoms. The van der Waals surface area contributed by atoms with Crippen LogP contribution in [-0.4, -0.2) is 37.2 Å². The lowest BCUT2D eigenvalue weighted by atomic mass is 10.0. The third kappa shape index (κ3) is 53.0. The van der Waals surface area contributed by atoms with Crippen LogP contribution in [0.2, 0.25) is 0 Å². The topological polar surface area (TPSA) is 78.9 Å². The Hall–Kier alpha value is -1.85. The van der Waals surface area contributed by atoms with E-state index in [-0.39, 0.29) is 31.1 Å². The first-order valence-corrected chi connectivity index (χ1v) is 29.2. The first-order valence-electron chi connectivity index (χ1n) is 29.2. The summed E-state index contributed by atoms with van der Waals surface area (Å²) in [6.07, 6.45) is 62.0. The van der Waals surface area contributed by atoms with E-state index >= 15 is 0 Å². The van der Waals surface area contributed by atoms with Gasteiger partial charge in [0.15, 0.2) is 6.10 Å². The van der Waals surface area contributed by atoms with E-state index in [0.717, 1.165) is 57.8 Å². The average molecular weight is 918 g/mol. The Morgan fingerprint density at radius 1 is 0.292 bits per heavy atom. The summed E-state index contributed by atoms with van der Waals surface area (Å²) in [7, 11) is 0. The van der Waals surface area contributed by atoms with E-state index in [1.165, 1.54) is 231 Å². The minimum atomic E-state index is -0.765. The number of esters is 3. The Morgan fingerprint density at radius 2 is 0.508 bits per heavy atom. The fraction of sp³-hybridized carbons (Fsp3) is 0.915. The first kappa shape index (κ1) is 63.1. The highest BCUT2D eigenvalue weighted by Gasteiger charge is 2.19. The summed E-state index contributed by atoms with van der Waals surface area (Å²) in [6, 6.07) is 0. The van der Waals surface area contributed by atoms with Gasteiger partial charge in [-0.1, -0.05) is 277 Å². The Labute approximate surface area is 405 Å². The highest BCUT2D eigenvalue weighted by Crippen LogP contribution is 2.17. The standard InChI is InChI=1S/C59H112O6/c1-4-7-10-13-16-19-22-25-27-29-31-34-36-39-42-45-48-51-57(60)63-54-56(65-59(62)53-50-47-44-41-38-33-24-21-18-15-12-9-6-3)55-64-58(61)52-49-46-43-40-37-35-32-30-28-26-23-20-17-14-11-8-5-2/h25,27,56H,4-24,26,28-55H2,1-3H3/b27-25-/t56-/m1/s1. The highest BCUT2D eigenvalue weighted by atomic mass is 16.6. The molecule has 0 aromatic heterocycles. The number of rotatable bonds is 54. The zero-order valence-corrected chi connectivity index (χ0v) is 44.0. The Bertz CT molecular complexity index is 1010. The normalized spacial score (nSPS) is 12.0. The van der Waals surface area contributed by atoms with Crippen LogP contribution in [0.1, 0.15) is 329 Å². The number of unbranched alkanes of at least 4 members (excludes halogenated alkanes) is 41. The summed E-state index contributed by atoms with van der Waals surface area (Å²) in [5.74, 6) is -0.845. The second kappa shape index (κ2) is 54.8. The molecule has 0 aliphatic carbocycles. The van der Waals surface area contributed by atoms with Gasteiger partial charge in [-0.3, -0.25) is 14.4 Å². The molecule has 0 saturated carbocycles. The molecule has 0 aliphatic rings. The third-order valence-electron chi connectivity index (χ3n) is 13.3. The largest absolute Gasteiger partial charge is 0.462 e. The van der Waals surface area contributed by atoms with Crippen molar-refractivity contribution in [2.45, 2.75) is 335 Å². The van der Waals surface area contributed by atoms with Crippen molar-refractivity contribution in [3.05, 3.63) is 12.2 Å². The van der Waals surface area contributed by atoms with Gasteiger partial charge in [0.1, 0.15) is 13.2 Å². The van der Waals surface area contributed by atoms with E-state index in [0.29, 0.717) is 19.3 Å². The van der Waals surface area contributed by atoms with E-state index in [1.54, 1.807) is 0 Å². The number of allylic oxidation sites excluding steroid dienone is 2. The van der Waals surface area contributed by atoms with Gasteiger partial charge in [-0.25, -0.2) is 0 Å². The van der Waals surface area contributed by atoms with Crippen molar-refractivity contribution in [1.82, 2.24) is 0 Å². The van der Waals surface area contributed by atoms with E-state index < -0.39 is 6.10 Å². The maximum Gasteiger partial charge on any atom is 0.306 e. The third-order valence-corrected chi connectivity index (χ3v) is 13.3. The molecule has 0 unspecified atom stereocenters. The summed E-state index contributed by atoms with van der Waals surface area (Å²) in [5, 5.41) is 0. The molecule has 0 heterocycles. The van der Waals surface area contributed by atoms with Crippen LogP contribution in [0.3, 0.4) is 0 Å². The lowest BCUT2D eigenvalue weighted by molar-refractivity contribution is -0.167. The Balaban J connectivity index is 4.29. The van der Waals surface area contributed by atoms with Gasteiger partial charge in [-0.05, 0) is 44.9 Å². The summed E-state index contributed by atoms with van der Waals surface area (Å²) in [5.41, 5.74) is 0. The summed E-state index contributed by atoms with van der Waals surface area (Å²) >= 11 is 0. The predicted molar refractivity (Wildman–Crippen MR) is 280 cm³/mol. The number of carbonyl (C=O) groups is 3. The van der Waals surface area contributed by atoms with Gasteiger partial charge in [-0.2, -0.15) is 0 Å². The van der Waals surface area contributed by atoms with Crippen LogP contribution in [0, 0.1) is 0 Å². The second-order valence-corrected chi connectivity index (χ2v) is 19.9. The maximum absolute atomic E-state index is 12.8. The lowest BCUT2D eigenvalue weighted by Gasteiger charge is -2.18. The summed E-state index contributed by atoms with van der Waals surface area (Å²) in [4.78, 5) is 38.1. The van der Waals surface area contributed by atoms with Crippen molar-refractivity contribution in [2.75, 3.05) is 13.2 Å². The molecule has 65 heavy (non-hydrogen) atoms. The first-order chi connectivity index (χ1) is 32.0. The highest BCUT2D eigenvalue weighted by molar-refractivity contribution is 5.71. The molecular formula is C59H112O6. The molecule has 0 aromatic rings. The van der Waals surface area contributed by atoms with E-state index in [9.17, 15) is 14.4 Å². The smallest absolute Gasteiger partial charge is 0.306 e. The monoisotopic (exact) mass is 917 g/mol.